The van der Waals surface area contributed by atoms with Crippen molar-refractivity contribution in [2.24, 2.45) is 0 Å². The summed E-state index contributed by atoms with van der Waals surface area (Å²) < 4.78 is 0. The summed E-state index contributed by atoms with van der Waals surface area (Å²) in [5, 5.41) is 11.5. The monoisotopic (exact) mass is 209 g/mol. The number of thiophene rings is 1. The van der Waals surface area contributed by atoms with Crippen molar-refractivity contribution in [3.8, 4) is 5.75 Å². The highest BCUT2D eigenvalue weighted by atomic mass is 32.1. The topological polar surface area (TPSA) is 23.5 Å². The minimum absolute atomic E-state index is 0.465. The Kier molecular flexibility index (Phi) is 2.61. The molecule has 0 atom stereocenters. The lowest BCUT2D eigenvalue weighted by Crippen LogP contribution is -2.10. The Morgan fingerprint density at radius 1 is 1.50 bits per heavy atom. The van der Waals surface area contributed by atoms with E-state index in [2.05, 4.69) is 25.1 Å². The Morgan fingerprint density at radius 2 is 2.29 bits per heavy atom. The molecular weight excluding hydrogens is 194 g/mol. The van der Waals surface area contributed by atoms with Gasteiger partial charge in [-0.15, -0.1) is 11.3 Å². The summed E-state index contributed by atoms with van der Waals surface area (Å²) in [5.41, 5.74) is 2.42. The summed E-state index contributed by atoms with van der Waals surface area (Å²) >= 11 is 1.67. The van der Waals surface area contributed by atoms with Crippen molar-refractivity contribution in [1.82, 2.24) is 4.90 Å². The van der Waals surface area contributed by atoms with E-state index in [1.54, 1.807) is 11.3 Å². The van der Waals surface area contributed by atoms with E-state index >= 15 is 0 Å². The lowest BCUT2D eigenvalue weighted by atomic mass is 10.1. The average Bonchev–Trinajstić information content (AvgIpc) is 2.66. The Bertz CT molecular complexity index is 365. The van der Waals surface area contributed by atoms with Crippen molar-refractivity contribution in [3.05, 3.63) is 21.9 Å². The highest BCUT2D eigenvalue weighted by Gasteiger charge is 2.21. The molecule has 14 heavy (non-hydrogen) atoms. The molecule has 1 aromatic heterocycles. The third kappa shape index (κ3) is 1.70. The van der Waals surface area contributed by atoms with Gasteiger partial charge in [-0.2, -0.15) is 0 Å². The molecule has 1 heterocycles. The first-order valence-corrected chi connectivity index (χ1v) is 5.70. The summed E-state index contributed by atoms with van der Waals surface area (Å²) in [7, 11) is 4.11. The molecule has 1 aliphatic rings. The molecule has 0 saturated carbocycles. The van der Waals surface area contributed by atoms with E-state index in [1.807, 2.05) is 5.38 Å². The van der Waals surface area contributed by atoms with Crippen LogP contribution in [0.25, 0.3) is 5.57 Å². The molecule has 0 saturated heterocycles. The number of allylic oxidation sites excluding steroid dienone is 1. The fourth-order valence-electron chi connectivity index (χ4n) is 1.79. The summed E-state index contributed by atoms with van der Waals surface area (Å²) in [5.74, 6) is 0.465. The number of aryl methyl sites for hydroxylation is 1. The van der Waals surface area contributed by atoms with E-state index < -0.39 is 0 Å². The molecule has 1 aromatic rings. The van der Waals surface area contributed by atoms with Gasteiger partial charge in [-0.25, -0.2) is 0 Å². The van der Waals surface area contributed by atoms with Crippen LogP contribution in [-0.2, 0) is 6.42 Å². The quantitative estimate of drug-likeness (QED) is 0.808. The molecule has 3 heteroatoms. The van der Waals surface area contributed by atoms with E-state index in [4.69, 9.17) is 0 Å². The summed E-state index contributed by atoms with van der Waals surface area (Å²) in [4.78, 5) is 3.47. The number of rotatable bonds is 2. The Balaban J connectivity index is 2.24. The molecule has 0 fully saturated rings. The van der Waals surface area contributed by atoms with Gasteiger partial charge in [0.2, 0.25) is 0 Å². The van der Waals surface area contributed by atoms with Gasteiger partial charge >= 0.3 is 0 Å². The Hall–Kier alpha value is -0.800. The lowest BCUT2D eigenvalue weighted by molar-refractivity contribution is 0.456. The largest absolute Gasteiger partial charge is 0.506 e. The predicted molar refractivity (Wildman–Crippen MR) is 60.8 cm³/mol. The number of aromatic hydroxyl groups is 1. The zero-order chi connectivity index (χ0) is 10.1. The van der Waals surface area contributed by atoms with Gasteiger partial charge in [0.1, 0.15) is 5.75 Å². The first-order chi connectivity index (χ1) is 6.68. The normalized spacial score (nSPS) is 18.1. The fourth-order valence-corrected chi connectivity index (χ4v) is 2.73. The van der Waals surface area contributed by atoms with E-state index in [1.165, 1.54) is 10.5 Å². The van der Waals surface area contributed by atoms with Crippen LogP contribution < -0.4 is 0 Å². The van der Waals surface area contributed by atoms with E-state index in [-0.39, 0.29) is 0 Å². The fraction of sp³-hybridized carbons (Fsp3) is 0.455. The van der Waals surface area contributed by atoms with Crippen molar-refractivity contribution in [3.63, 3.8) is 0 Å². The van der Waals surface area contributed by atoms with E-state index in [0.717, 1.165) is 24.9 Å². The first kappa shape index (κ1) is 9.74. The first-order valence-electron chi connectivity index (χ1n) is 4.82. The summed E-state index contributed by atoms with van der Waals surface area (Å²) in [6, 6.07) is 0. The molecule has 2 rings (SSSR count). The van der Waals surface area contributed by atoms with Crippen molar-refractivity contribution in [2.75, 3.05) is 20.6 Å². The lowest BCUT2D eigenvalue weighted by Gasteiger charge is -2.06. The Labute approximate surface area is 88.5 Å². The van der Waals surface area contributed by atoms with Crippen LogP contribution in [0.15, 0.2) is 11.5 Å². The molecule has 0 amide bonds. The molecule has 0 bridgehead atoms. The van der Waals surface area contributed by atoms with Gasteiger partial charge in [0.15, 0.2) is 0 Å². The maximum Gasteiger partial charge on any atom is 0.134 e. The van der Waals surface area contributed by atoms with Gasteiger partial charge in [-0.1, -0.05) is 6.08 Å². The molecule has 1 N–H and O–H groups in total. The van der Waals surface area contributed by atoms with Gasteiger partial charge in [0, 0.05) is 22.4 Å². The van der Waals surface area contributed by atoms with Gasteiger partial charge < -0.3 is 10.0 Å². The van der Waals surface area contributed by atoms with Gasteiger partial charge in [-0.3, -0.25) is 0 Å². The second-order valence-electron chi connectivity index (χ2n) is 3.91. The van der Waals surface area contributed by atoms with Gasteiger partial charge in [0.05, 0.1) is 0 Å². The van der Waals surface area contributed by atoms with Crippen LogP contribution in [0.5, 0.6) is 5.75 Å². The molecule has 0 aliphatic heterocycles. The minimum Gasteiger partial charge on any atom is -0.506 e. The highest BCUT2D eigenvalue weighted by Crippen LogP contribution is 2.42. The third-order valence-electron chi connectivity index (χ3n) is 2.49. The van der Waals surface area contributed by atoms with Gasteiger partial charge in [-0.05, 0) is 32.5 Å². The number of likely N-dealkylation sites (N-methyl/N-ethyl adjacent to an activating group) is 1. The van der Waals surface area contributed by atoms with Crippen LogP contribution in [0.4, 0.5) is 0 Å². The second-order valence-corrected chi connectivity index (χ2v) is 4.87. The van der Waals surface area contributed by atoms with Crippen LogP contribution >= 0.6 is 11.3 Å². The zero-order valence-corrected chi connectivity index (χ0v) is 9.40. The zero-order valence-electron chi connectivity index (χ0n) is 8.58. The van der Waals surface area contributed by atoms with E-state index in [0.29, 0.717) is 5.75 Å². The SMILES string of the molecule is CN(C)C/C=C1\CCc2scc(O)c21. The molecule has 76 valence electrons. The predicted octanol–water partition coefficient (Wildman–Crippen LogP) is 2.34. The van der Waals surface area contributed by atoms with Crippen LogP contribution in [0.3, 0.4) is 0 Å². The molecule has 0 radical (unpaired) electrons. The Morgan fingerprint density at radius 3 is 3.00 bits per heavy atom. The van der Waals surface area contributed by atoms with Crippen molar-refractivity contribution in [1.29, 1.82) is 0 Å². The maximum absolute atomic E-state index is 9.66. The molecule has 2 nitrogen and oxygen atoms in total. The summed E-state index contributed by atoms with van der Waals surface area (Å²) in [6.07, 6.45) is 4.40. The van der Waals surface area contributed by atoms with Crippen LogP contribution in [-0.4, -0.2) is 30.6 Å². The molecule has 0 aromatic carbocycles. The van der Waals surface area contributed by atoms with Crippen LogP contribution in [0.1, 0.15) is 16.9 Å². The van der Waals surface area contributed by atoms with Crippen LogP contribution in [0, 0.1) is 0 Å². The number of fused-ring (bicyclic) bond motifs is 1. The summed E-state index contributed by atoms with van der Waals surface area (Å²) in [6.45, 7) is 0.948. The van der Waals surface area contributed by atoms with E-state index in [9.17, 15) is 5.11 Å². The van der Waals surface area contributed by atoms with Crippen LogP contribution in [0.2, 0.25) is 0 Å². The smallest absolute Gasteiger partial charge is 0.134 e. The number of nitrogens with zero attached hydrogens (tertiary/aromatic N) is 1. The van der Waals surface area contributed by atoms with Gasteiger partial charge in [0.25, 0.3) is 0 Å². The number of hydrogen-bond donors (Lipinski definition) is 1. The highest BCUT2D eigenvalue weighted by molar-refractivity contribution is 7.10. The third-order valence-corrected chi connectivity index (χ3v) is 3.53. The second kappa shape index (κ2) is 3.75. The maximum atomic E-state index is 9.66. The standard InChI is InChI=1S/C11H15NOS/c1-12(2)6-5-8-3-4-10-11(8)9(13)7-14-10/h5,7,13H,3-4,6H2,1-2H3/b8-5+. The molecule has 1 aliphatic carbocycles. The minimum atomic E-state index is 0.465. The molecular formula is C11H15NOS. The number of hydrogen-bond acceptors (Lipinski definition) is 3. The average molecular weight is 209 g/mol. The van der Waals surface area contributed by atoms with Crippen molar-refractivity contribution >= 4 is 16.9 Å². The molecule has 0 unspecified atom stereocenters. The van der Waals surface area contributed by atoms with Crippen molar-refractivity contribution in [2.45, 2.75) is 12.8 Å². The molecule has 0 spiro atoms. The van der Waals surface area contributed by atoms with Crippen molar-refractivity contribution < 1.29 is 5.11 Å².